The summed E-state index contributed by atoms with van der Waals surface area (Å²) < 4.78 is 20.6. The molecule has 15 rings (SSSR count). The molecule has 21 heteroatoms. The zero-order chi connectivity index (χ0) is 66.2. The Bertz CT molecular complexity index is 3500. The van der Waals surface area contributed by atoms with Gasteiger partial charge in [-0.2, -0.15) is 15.3 Å². The first-order valence-electron chi connectivity index (χ1n) is 35.8. The second-order valence-corrected chi connectivity index (χ2v) is 28.1. The van der Waals surface area contributed by atoms with Gasteiger partial charge < -0.3 is 43.6 Å². The first kappa shape index (κ1) is 66.6. The van der Waals surface area contributed by atoms with E-state index in [1.165, 1.54) is 86.3 Å². The number of ether oxygens (including phenoxy) is 3. The number of aromatic nitrogens is 6. The Morgan fingerprint density at radius 3 is 0.854 bits per heavy atom. The second kappa shape index (κ2) is 30.6. The van der Waals surface area contributed by atoms with Crippen LogP contribution in [0.25, 0.3) is 0 Å². The van der Waals surface area contributed by atoms with Crippen LogP contribution in [0, 0.1) is 17.8 Å². The van der Waals surface area contributed by atoms with E-state index in [1.807, 2.05) is 69.3 Å². The molecule has 3 saturated heterocycles. The third-order valence-corrected chi connectivity index (χ3v) is 21.8. The zero-order valence-electron chi connectivity index (χ0n) is 56.5. The molecule has 0 radical (unpaired) electrons. The minimum atomic E-state index is -0.215. The van der Waals surface area contributed by atoms with Gasteiger partial charge in [0.1, 0.15) is 19.6 Å². The maximum Gasteiger partial charge on any atom is 0.267 e. The topological polar surface area (TPSA) is 203 Å². The summed E-state index contributed by atoms with van der Waals surface area (Å²) in [7, 11) is 0. The van der Waals surface area contributed by atoms with Crippen LogP contribution in [0.4, 0.5) is 34.1 Å². The Morgan fingerprint density at radius 2 is 0.594 bits per heavy atom. The van der Waals surface area contributed by atoms with E-state index in [-0.39, 0.29) is 54.0 Å². The molecule has 9 heterocycles. The van der Waals surface area contributed by atoms with Gasteiger partial charge in [-0.3, -0.25) is 28.8 Å². The number of fused-ring (bicyclic) bond motifs is 3. The fourth-order valence-electron chi connectivity index (χ4n) is 16.0. The summed E-state index contributed by atoms with van der Waals surface area (Å²) in [6.07, 6.45) is 16.3. The third kappa shape index (κ3) is 15.2. The van der Waals surface area contributed by atoms with Gasteiger partial charge >= 0.3 is 0 Å². The molecule has 3 aromatic heterocycles. The van der Waals surface area contributed by atoms with Gasteiger partial charge in [0.2, 0.25) is 17.7 Å². The number of morpholine rings is 3. The van der Waals surface area contributed by atoms with Crippen molar-refractivity contribution < 1.29 is 28.6 Å². The smallest absolute Gasteiger partial charge is 0.267 e. The Kier molecular flexibility index (Phi) is 21.2. The van der Waals surface area contributed by atoms with Gasteiger partial charge in [0.25, 0.3) is 16.7 Å². The van der Waals surface area contributed by atoms with E-state index in [0.29, 0.717) is 37.4 Å². The Morgan fingerprint density at radius 1 is 0.344 bits per heavy atom. The van der Waals surface area contributed by atoms with Crippen molar-refractivity contribution in [3.63, 3.8) is 0 Å². The molecule has 3 saturated carbocycles. The molecule has 3 amide bonds. The number of hydrogen-bond acceptors (Lipinski definition) is 15. The first-order chi connectivity index (χ1) is 46.8. The lowest BCUT2D eigenvalue weighted by Crippen LogP contribution is -2.37. The standard InChI is InChI=1S/3C25H32N4O3/c3*1-18-5-7-19(8-6-18)21-9-10-24(30)29(26-21)17-25(31)28-12-11-20-22(3-2-4-23(20)28)27-13-15-32-16-14-27/h3*2-4,9-10,18-19H,5-8,11-17H2,1H3. The van der Waals surface area contributed by atoms with Crippen molar-refractivity contribution in [2.75, 3.05) is 128 Å². The van der Waals surface area contributed by atoms with E-state index >= 15 is 0 Å². The predicted molar refractivity (Wildman–Crippen MR) is 373 cm³/mol. The summed E-state index contributed by atoms with van der Waals surface area (Å²) in [6, 6.07) is 28.8. The highest BCUT2D eigenvalue weighted by atomic mass is 16.5. The molecule has 96 heavy (non-hydrogen) atoms. The largest absolute Gasteiger partial charge is 0.378 e. The average Bonchev–Trinajstić information content (AvgIpc) is 1.65. The molecule has 0 bridgehead atoms. The average molecular weight is 1310 g/mol. The molecule has 0 atom stereocenters. The summed E-state index contributed by atoms with van der Waals surface area (Å²) in [5, 5.41) is 13.8. The fraction of sp³-hybridized carbons (Fsp3) is 0.560. The minimum Gasteiger partial charge on any atom is -0.378 e. The SMILES string of the molecule is CC1CCC(c2ccc(=O)n(CC(=O)N3CCc4c(N5CCOCC5)cccc43)n2)CC1.CC1CCC(c2ccc(=O)n(CC(=O)N3CCc4c(N5CCOCC5)cccc43)n2)CC1.CC1CCC(c2ccc(=O)n(CC(=O)N3CCc4c(N5CCOCC5)cccc43)n2)CC1. The van der Waals surface area contributed by atoms with Crippen molar-refractivity contribution in [1.82, 2.24) is 29.3 Å². The number of carbonyl (C=O) groups excluding carboxylic acids is 3. The van der Waals surface area contributed by atoms with E-state index in [2.05, 4.69) is 69.0 Å². The molecule has 510 valence electrons. The van der Waals surface area contributed by atoms with Gasteiger partial charge in [-0.15, -0.1) is 0 Å². The summed E-state index contributed by atoms with van der Waals surface area (Å²) in [5.41, 5.74) is 12.3. The van der Waals surface area contributed by atoms with Gasteiger partial charge in [-0.25, -0.2) is 14.0 Å². The summed E-state index contributed by atoms with van der Waals surface area (Å²) in [4.78, 5) is 89.6. The third-order valence-electron chi connectivity index (χ3n) is 21.8. The Labute approximate surface area is 563 Å². The van der Waals surface area contributed by atoms with E-state index in [9.17, 15) is 28.8 Å². The number of amides is 3. The van der Waals surface area contributed by atoms with Crippen LogP contribution in [0.5, 0.6) is 0 Å². The van der Waals surface area contributed by atoms with Crippen LogP contribution in [-0.2, 0) is 67.5 Å². The van der Waals surface area contributed by atoms with Gasteiger partial charge in [0, 0.05) is 146 Å². The zero-order valence-corrected chi connectivity index (χ0v) is 56.5. The maximum atomic E-state index is 13.2. The maximum absolute atomic E-state index is 13.2. The van der Waals surface area contributed by atoms with Gasteiger partial charge in [0.05, 0.1) is 56.7 Å². The molecule has 3 aromatic carbocycles. The van der Waals surface area contributed by atoms with E-state index in [4.69, 9.17) is 14.2 Å². The number of hydrogen-bond donors (Lipinski definition) is 0. The lowest BCUT2D eigenvalue weighted by atomic mass is 9.81. The lowest BCUT2D eigenvalue weighted by molar-refractivity contribution is -0.120. The molecular formula is C75H96N12O9. The molecule has 3 aliphatic carbocycles. The normalized spacial score (nSPS) is 23.3. The molecule has 0 spiro atoms. The van der Waals surface area contributed by atoms with Crippen LogP contribution >= 0.6 is 0 Å². The summed E-state index contributed by atoms with van der Waals surface area (Å²) >= 11 is 0. The number of rotatable bonds is 12. The van der Waals surface area contributed by atoms with Crippen LogP contribution in [0.3, 0.4) is 0 Å². The van der Waals surface area contributed by atoms with Gasteiger partial charge in [-0.05, 0) is 130 Å². The van der Waals surface area contributed by atoms with Crippen LogP contribution in [0.1, 0.15) is 149 Å². The molecule has 21 nitrogen and oxygen atoms in total. The number of benzene rings is 3. The van der Waals surface area contributed by atoms with Crippen LogP contribution < -0.4 is 46.1 Å². The molecule has 6 aliphatic heterocycles. The van der Waals surface area contributed by atoms with E-state index in [1.54, 1.807) is 18.2 Å². The van der Waals surface area contributed by atoms with Crippen molar-refractivity contribution in [2.24, 2.45) is 17.8 Å². The van der Waals surface area contributed by atoms with E-state index in [0.717, 1.165) is 189 Å². The van der Waals surface area contributed by atoms with Crippen LogP contribution in [0.2, 0.25) is 0 Å². The monoisotopic (exact) mass is 1310 g/mol. The predicted octanol–water partition coefficient (Wildman–Crippen LogP) is 8.89. The van der Waals surface area contributed by atoms with Crippen molar-refractivity contribution in [3.05, 3.63) is 156 Å². The van der Waals surface area contributed by atoms with Crippen LogP contribution in [0.15, 0.2) is 105 Å². The number of nitrogens with zero attached hydrogens (tertiary/aromatic N) is 12. The van der Waals surface area contributed by atoms with Crippen LogP contribution in [-0.4, -0.2) is 146 Å². The van der Waals surface area contributed by atoms with E-state index < -0.39 is 0 Å². The minimum absolute atomic E-state index is 0.0168. The highest BCUT2D eigenvalue weighted by Crippen LogP contribution is 2.41. The van der Waals surface area contributed by atoms with Crippen molar-refractivity contribution in [1.29, 1.82) is 0 Å². The lowest BCUT2D eigenvalue weighted by Gasteiger charge is -2.30. The van der Waals surface area contributed by atoms with Crippen molar-refractivity contribution in [2.45, 2.75) is 154 Å². The molecule has 6 aromatic rings. The molecule has 9 aliphatic rings. The van der Waals surface area contributed by atoms with Crippen molar-refractivity contribution >= 4 is 51.8 Å². The number of carbonyl (C=O) groups is 3. The quantitative estimate of drug-likeness (QED) is 0.112. The number of anilines is 6. The summed E-state index contributed by atoms with van der Waals surface area (Å²) in [6.45, 7) is 18.4. The second-order valence-electron chi connectivity index (χ2n) is 28.1. The van der Waals surface area contributed by atoms with Gasteiger partial charge in [0.15, 0.2) is 0 Å². The molecule has 0 unspecified atom stereocenters. The molecular weight excluding hydrogens is 1210 g/mol. The molecule has 0 N–H and O–H groups in total. The first-order valence-corrected chi connectivity index (χ1v) is 35.8. The molecule has 6 fully saturated rings. The highest BCUT2D eigenvalue weighted by molar-refractivity contribution is 5.98. The highest BCUT2D eigenvalue weighted by Gasteiger charge is 2.34. The Hall–Kier alpha value is -8.01. The van der Waals surface area contributed by atoms with Gasteiger partial charge in [-0.1, -0.05) is 77.5 Å². The Balaban J connectivity index is 0.000000130. The van der Waals surface area contributed by atoms with Crippen molar-refractivity contribution in [3.8, 4) is 0 Å². The fourth-order valence-corrected chi connectivity index (χ4v) is 16.0. The summed E-state index contributed by atoms with van der Waals surface area (Å²) in [5.74, 6) is 3.21.